The van der Waals surface area contributed by atoms with Gasteiger partial charge in [-0.3, -0.25) is 5.41 Å². The van der Waals surface area contributed by atoms with Crippen molar-refractivity contribution in [2.24, 2.45) is 5.73 Å². The van der Waals surface area contributed by atoms with Crippen molar-refractivity contribution in [3.63, 3.8) is 0 Å². The Balaban J connectivity index is 2.79. The van der Waals surface area contributed by atoms with Gasteiger partial charge in [0.1, 0.15) is 11.7 Å². The van der Waals surface area contributed by atoms with E-state index in [9.17, 15) is 4.39 Å². The maximum absolute atomic E-state index is 13.6. The molecule has 0 aliphatic heterocycles. The van der Waals surface area contributed by atoms with Crippen molar-refractivity contribution in [2.75, 3.05) is 13.6 Å². The molecule has 1 rings (SSSR count). The Bertz CT molecular complexity index is 377. The highest BCUT2D eigenvalue weighted by Crippen LogP contribution is 2.12. The van der Waals surface area contributed by atoms with Gasteiger partial charge >= 0.3 is 0 Å². The third-order valence-corrected chi connectivity index (χ3v) is 2.41. The van der Waals surface area contributed by atoms with Crippen molar-refractivity contribution in [1.29, 1.82) is 5.41 Å². The van der Waals surface area contributed by atoms with Crippen LogP contribution in [0.1, 0.15) is 24.5 Å². The van der Waals surface area contributed by atoms with Crippen molar-refractivity contribution < 1.29 is 4.39 Å². The van der Waals surface area contributed by atoms with E-state index in [4.69, 9.17) is 11.1 Å². The van der Waals surface area contributed by atoms with Crippen LogP contribution in [0.15, 0.2) is 18.2 Å². The normalized spacial score (nSPS) is 10.8. The van der Waals surface area contributed by atoms with Crippen LogP contribution in [0.3, 0.4) is 0 Å². The van der Waals surface area contributed by atoms with E-state index in [2.05, 4.69) is 11.8 Å². The Hall–Kier alpha value is -1.42. The van der Waals surface area contributed by atoms with E-state index < -0.39 is 0 Å². The van der Waals surface area contributed by atoms with Gasteiger partial charge in [0.05, 0.1) is 0 Å². The number of rotatable bonds is 5. The molecule has 0 heterocycles. The SMILES string of the molecule is CCCN(C)Cc1ccc(C(=N)N)cc1F. The number of nitrogens with zero attached hydrogens (tertiary/aromatic N) is 1. The molecule has 3 N–H and O–H groups in total. The van der Waals surface area contributed by atoms with E-state index in [0.717, 1.165) is 13.0 Å². The Morgan fingerprint density at radius 1 is 1.50 bits per heavy atom. The average molecular weight is 223 g/mol. The summed E-state index contributed by atoms with van der Waals surface area (Å²) in [5.74, 6) is -0.400. The lowest BCUT2D eigenvalue weighted by molar-refractivity contribution is 0.322. The van der Waals surface area contributed by atoms with Crippen LogP contribution in [0.25, 0.3) is 0 Å². The van der Waals surface area contributed by atoms with Gasteiger partial charge in [0.2, 0.25) is 0 Å². The Morgan fingerprint density at radius 2 is 2.19 bits per heavy atom. The van der Waals surface area contributed by atoms with E-state index in [1.54, 1.807) is 12.1 Å². The summed E-state index contributed by atoms with van der Waals surface area (Å²) in [7, 11) is 1.96. The van der Waals surface area contributed by atoms with Gasteiger partial charge in [0.25, 0.3) is 0 Å². The number of nitrogen functional groups attached to an aromatic ring is 1. The summed E-state index contributed by atoms with van der Waals surface area (Å²) < 4.78 is 13.6. The zero-order valence-electron chi connectivity index (χ0n) is 9.76. The lowest BCUT2D eigenvalue weighted by Crippen LogP contribution is -2.19. The van der Waals surface area contributed by atoms with Crippen molar-refractivity contribution in [1.82, 2.24) is 4.90 Å². The lowest BCUT2D eigenvalue weighted by Gasteiger charge is -2.16. The second kappa shape index (κ2) is 5.61. The monoisotopic (exact) mass is 223 g/mol. The van der Waals surface area contributed by atoms with E-state index in [1.807, 2.05) is 7.05 Å². The lowest BCUT2D eigenvalue weighted by atomic mass is 10.1. The number of nitrogens with one attached hydrogen (secondary N) is 1. The number of nitrogens with two attached hydrogens (primary N) is 1. The molecule has 0 atom stereocenters. The van der Waals surface area contributed by atoms with Gasteiger partial charge in [-0.05, 0) is 26.1 Å². The van der Waals surface area contributed by atoms with Gasteiger partial charge in [-0.1, -0.05) is 19.1 Å². The number of hydrogen-bond acceptors (Lipinski definition) is 2. The molecule has 0 saturated carbocycles. The molecule has 3 nitrogen and oxygen atoms in total. The fourth-order valence-electron chi connectivity index (χ4n) is 1.59. The van der Waals surface area contributed by atoms with Crippen LogP contribution in [0, 0.1) is 11.2 Å². The number of halogens is 1. The first-order valence-corrected chi connectivity index (χ1v) is 5.36. The summed E-state index contributed by atoms with van der Waals surface area (Å²) in [6.45, 7) is 3.61. The fraction of sp³-hybridized carbons (Fsp3) is 0.417. The van der Waals surface area contributed by atoms with E-state index in [1.165, 1.54) is 6.07 Å². The van der Waals surface area contributed by atoms with Crippen LogP contribution >= 0.6 is 0 Å². The van der Waals surface area contributed by atoms with Crippen LogP contribution in [0.2, 0.25) is 0 Å². The quantitative estimate of drug-likeness (QED) is 0.592. The first-order valence-electron chi connectivity index (χ1n) is 5.36. The van der Waals surface area contributed by atoms with Gasteiger partial charge < -0.3 is 10.6 Å². The Morgan fingerprint density at radius 3 is 2.69 bits per heavy atom. The number of amidine groups is 1. The molecule has 88 valence electrons. The van der Waals surface area contributed by atoms with Crippen LogP contribution in [0.5, 0.6) is 0 Å². The summed E-state index contributed by atoms with van der Waals surface area (Å²) in [6.07, 6.45) is 1.05. The molecule has 0 aliphatic carbocycles. The van der Waals surface area contributed by atoms with E-state index in [-0.39, 0.29) is 11.7 Å². The van der Waals surface area contributed by atoms with Gasteiger partial charge in [-0.2, -0.15) is 0 Å². The predicted molar refractivity (Wildman–Crippen MR) is 64.0 cm³/mol. The third-order valence-electron chi connectivity index (χ3n) is 2.41. The summed E-state index contributed by atoms with van der Waals surface area (Å²) in [6, 6.07) is 4.69. The summed E-state index contributed by atoms with van der Waals surface area (Å²) in [5.41, 5.74) is 6.36. The van der Waals surface area contributed by atoms with Crippen LogP contribution < -0.4 is 5.73 Å². The molecule has 1 aromatic rings. The molecule has 0 amide bonds. The van der Waals surface area contributed by atoms with Gasteiger partial charge in [-0.25, -0.2) is 4.39 Å². The van der Waals surface area contributed by atoms with Gasteiger partial charge in [0, 0.05) is 17.7 Å². The molecule has 0 aromatic heterocycles. The molecule has 0 unspecified atom stereocenters. The summed E-state index contributed by atoms with van der Waals surface area (Å²) >= 11 is 0. The summed E-state index contributed by atoms with van der Waals surface area (Å²) in [4.78, 5) is 2.06. The number of hydrogen-bond donors (Lipinski definition) is 2. The van der Waals surface area contributed by atoms with E-state index >= 15 is 0 Å². The minimum Gasteiger partial charge on any atom is -0.384 e. The van der Waals surface area contributed by atoms with E-state index in [0.29, 0.717) is 17.7 Å². The number of benzene rings is 1. The highest BCUT2D eigenvalue weighted by atomic mass is 19.1. The average Bonchev–Trinajstić information content (AvgIpc) is 2.21. The topological polar surface area (TPSA) is 53.1 Å². The van der Waals surface area contributed by atoms with Crippen molar-refractivity contribution in [3.05, 3.63) is 35.1 Å². The Labute approximate surface area is 95.6 Å². The molecule has 0 radical (unpaired) electrons. The first-order chi connectivity index (χ1) is 7.54. The molecule has 1 aromatic carbocycles. The second-order valence-electron chi connectivity index (χ2n) is 3.96. The largest absolute Gasteiger partial charge is 0.384 e. The fourth-order valence-corrected chi connectivity index (χ4v) is 1.59. The molecule has 16 heavy (non-hydrogen) atoms. The van der Waals surface area contributed by atoms with Crippen molar-refractivity contribution in [3.8, 4) is 0 Å². The standard InChI is InChI=1S/C12H18FN3/c1-3-6-16(2)8-10-5-4-9(12(14)15)7-11(10)13/h4-5,7H,3,6,8H2,1-2H3,(H3,14,15). The van der Waals surface area contributed by atoms with Crippen LogP contribution in [-0.4, -0.2) is 24.3 Å². The zero-order valence-corrected chi connectivity index (χ0v) is 9.76. The highest BCUT2D eigenvalue weighted by molar-refractivity contribution is 5.94. The molecule has 4 heteroatoms. The second-order valence-corrected chi connectivity index (χ2v) is 3.96. The minimum absolute atomic E-state index is 0.104. The smallest absolute Gasteiger partial charge is 0.128 e. The molecule has 0 spiro atoms. The molecule has 0 fully saturated rings. The first kappa shape index (κ1) is 12.6. The third kappa shape index (κ3) is 3.31. The summed E-state index contributed by atoms with van der Waals surface area (Å²) in [5, 5.41) is 7.21. The van der Waals surface area contributed by atoms with Crippen molar-refractivity contribution in [2.45, 2.75) is 19.9 Å². The minimum atomic E-state index is -0.296. The maximum atomic E-state index is 13.6. The highest BCUT2D eigenvalue weighted by Gasteiger charge is 2.07. The van der Waals surface area contributed by atoms with Crippen LogP contribution in [-0.2, 0) is 6.54 Å². The van der Waals surface area contributed by atoms with Gasteiger partial charge in [0.15, 0.2) is 0 Å². The maximum Gasteiger partial charge on any atom is 0.128 e. The Kier molecular flexibility index (Phi) is 4.43. The molecule has 0 saturated heterocycles. The van der Waals surface area contributed by atoms with Crippen LogP contribution in [0.4, 0.5) is 4.39 Å². The van der Waals surface area contributed by atoms with Crippen molar-refractivity contribution >= 4 is 5.84 Å². The molecular weight excluding hydrogens is 205 g/mol. The molecular formula is C12H18FN3. The van der Waals surface area contributed by atoms with Gasteiger partial charge in [-0.15, -0.1) is 0 Å². The zero-order chi connectivity index (χ0) is 12.1. The molecule has 0 aliphatic rings. The predicted octanol–water partition coefficient (Wildman–Crippen LogP) is 1.95. The molecule has 0 bridgehead atoms.